The van der Waals surface area contributed by atoms with Gasteiger partial charge in [-0.25, -0.2) is 9.97 Å². The summed E-state index contributed by atoms with van der Waals surface area (Å²) >= 11 is 0. The molecule has 0 saturated carbocycles. The van der Waals surface area contributed by atoms with Crippen LogP contribution in [0.4, 0.5) is 5.82 Å². The number of aromatic nitrogens is 2. The van der Waals surface area contributed by atoms with Crippen molar-refractivity contribution < 1.29 is 4.74 Å². The Labute approximate surface area is 166 Å². The Morgan fingerprint density at radius 2 is 2.07 bits per heavy atom. The lowest BCUT2D eigenvalue weighted by Gasteiger charge is -2.22. The number of hydrogen-bond donors (Lipinski definition) is 1. The fourth-order valence-electron chi connectivity index (χ4n) is 3.77. The van der Waals surface area contributed by atoms with Crippen LogP contribution in [-0.2, 0) is 6.54 Å². The van der Waals surface area contributed by atoms with Crippen LogP contribution in [0.3, 0.4) is 0 Å². The number of pyridine rings is 2. The van der Waals surface area contributed by atoms with E-state index in [0.717, 1.165) is 49.9 Å². The predicted molar refractivity (Wildman–Crippen MR) is 111 cm³/mol. The number of ether oxygens (including phenoxy) is 1. The fraction of sp³-hybridized carbons (Fsp3) is 0.476. The van der Waals surface area contributed by atoms with Crippen molar-refractivity contribution in [3.63, 3.8) is 0 Å². The molecule has 2 saturated heterocycles. The Hall–Kier alpha value is -2.83. The quantitative estimate of drug-likeness (QED) is 0.634. The Morgan fingerprint density at radius 1 is 1.18 bits per heavy atom. The van der Waals surface area contributed by atoms with Gasteiger partial charge in [0.05, 0.1) is 6.54 Å². The summed E-state index contributed by atoms with van der Waals surface area (Å²) in [6.45, 7) is 4.68. The molecule has 148 valence electrons. The van der Waals surface area contributed by atoms with Crippen LogP contribution in [0, 0.1) is 0 Å². The molecule has 2 aliphatic heterocycles. The molecule has 0 radical (unpaired) electrons. The lowest BCUT2D eigenvalue weighted by atomic mass is 10.3. The smallest absolute Gasteiger partial charge is 0.213 e. The first-order valence-corrected chi connectivity index (χ1v) is 10.0. The molecule has 7 nitrogen and oxygen atoms in total. The van der Waals surface area contributed by atoms with E-state index in [1.807, 2.05) is 31.4 Å². The molecule has 2 aromatic rings. The largest absolute Gasteiger partial charge is 0.472 e. The number of rotatable bonds is 5. The molecular weight excluding hydrogens is 352 g/mol. The van der Waals surface area contributed by atoms with Crippen molar-refractivity contribution in [2.75, 3.05) is 38.1 Å². The van der Waals surface area contributed by atoms with Crippen LogP contribution < -0.4 is 15.0 Å². The van der Waals surface area contributed by atoms with E-state index in [4.69, 9.17) is 4.74 Å². The van der Waals surface area contributed by atoms with E-state index < -0.39 is 0 Å². The molecule has 1 N–H and O–H groups in total. The second kappa shape index (κ2) is 8.91. The molecule has 1 unspecified atom stereocenters. The summed E-state index contributed by atoms with van der Waals surface area (Å²) < 4.78 is 5.97. The lowest BCUT2D eigenvalue weighted by molar-refractivity contribution is 0.205. The average Bonchev–Trinajstić information content (AvgIpc) is 3.43. The Bertz CT molecular complexity index is 773. The summed E-state index contributed by atoms with van der Waals surface area (Å²) in [6.07, 6.45) is 7.35. The zero-order chi connectivity index (χ0) is 19.2. The zero-order valence-corrected chi connectivity index (χ0v) is 16.4. The van der Waals surface area contributed by atoms with Gasteiger partial charge in [-0.15, -0.1) is 0 Å². The molecule has 7 heteroatoms. The van der Waals surface area contributed by atoms with Crippen molar-refractivity contribution in [3.8, 4) is 5.88 Å². The van der Waals surface area contributed by atoms with Crippen molar-refractivity contribution in [1.82, 2.24) is 20.2 Å². The number of nitrogens with one attached hydrogen (secondary N) is 1. The first-order valence-electron chi connectivity index (χ1n) is 10.0. The van der Waals surface area contributed by atoms with E-state index in [2.05, 4.69) is 42.2 Å². The van der Waals surface area contributed by atoms with Crippen molar-refractivity contribution in [2.24, 2.45) is 4.99 Å². The van der Waals surface area contributed by atoms with E-state index in [1.165, 1.54) is 12.8 Å². The number of nitrogens with zero attached hydrogens (tertiary/aromatic N) is 5. The molecule has 1 atom stereocenters. The van der Waals surface area contributed by atoms with Gasteiger partial charge in [-0.2, -0.15) is 0 Å². The molecule has 28 heavy (non-hydrogen) atoms. The van der Waals surface area contributed by atoms with Gasteiger partial charge in [-0.1, -0.05) is 12.1 Å². The summed E-state index contributed by atoms with van der Waals surface area (Å²) in [7, 11) is 1.82. The van der Waals surface area contributed by atoms with E-state index >= 15 is 0 Å². The maximum absolute atomic E-state index is 5.97. The molecule has 0 aromatic carbocycles. The van der Waals surface area contributed by atoms with E-state index in [-0.39, 0.29) is 6.10 Å². The highest BCUT2D eigenvalue weighted by Gasteiger charge is 2.26. The van der Waals surface area contributed by atoms with Gasteiger partial charge >= 0.3 is 0 Å². The third kappa shape index (κ3) is 4.52. The molecule has 0 bridgehead atoms. The van der Waals surface area contributed by atoms with Gasteiger partial charge in [0.15, 0.2) is 5.96 Å². The number of likely N-dealkylation sites (tertiary alicyclic amines) is 1. The monoisotopic (exact) mass is 380 g/mol. The Kier molecular flexibility index (Phi) is 5.89. The Morgan fingerprint density at radius 3 is 2.79 bits per heavy atom. The molecule has 0 spiro atoms. The number of hydrogen-bond acceptors (Lipinski definition) is 5. The molecule has 2 fully saturated rings. The lowest BCUT2D eigenvalue weighted by Crippen LogP contribution is -2.40. The topological polar surface area (TPSA) is 65.9 Å². The van der Waals surface area contributed by atoms with Gasteiger partial charge in [0, 0.05) is 58.1 Å². The summed E-state index contributed by atoms with van der Waals surface area (Å²) in [5.41, 5.74) is 1.16. The third-order valence-electron chi connectivity index (χ3n) is 5.27. The van der Waals surface area contributed by atoms with Gasteiger partial charge in [-0.05, 0) is 30.5 Å². The van der Waals surface area contributed by atoms with Crippen molar-refractivity contribution >= 4 is 11.8 Å². The molecule has 0 aliphatic carbocycles. The van der Waals surface area contributed by atoms with E-state index in [1.54, 1.807) is 6.20 Å². The maximum Gasteiger partial charge on any atom is 0.213 e. The minimum absolute atomic E-state index is 0.134. The number of aliphatic imine (C=N–C) groups is 1. The minimum Gasteiger partial charge on any atom is -0.472 e. The highest BCUT2D eigenvalue weighted by atomic mass is 16.5. The summed E-state index contributed by atoms with van der Waals surface area (Å²) in [5, 5.41) is 3.45. The SMILES string of the molecule is CN=C(NCc1ccc(N2CCCC2)nc1)N1CCC(Oc2ccccn2)C1. The van der Waals surface area contributed by atoms with Crippen molar-refractivity contribution in [2.45, 2.75) is 31.9 Å². The van der Waals surface area contributed by atoms with Crippen LogP contribution in [0.15, 0.2) is 47.7 Å². The highest BCUT2D eigenvalue weighted by molar-refractivity contribution is 5.80. The van der Waals surface area contributed by atoms with Gasteiger partial charge in [0.25, 0.3) is 0 Å². The first kappa shape index (κ1) is 18.5. The van der Waals surface area contributed by atoms with Crippen LogP contribution >= 0.6 is 0 Å². The van der Waals surface area contributed by atoms with Crippen LogP contribution in [0.1, 0.15) is 24.8 Å². The summed E-state index contributed by atoms with van der Waals surface area (Å²) in [5.74, 6) is 2.66. The van der Waals surface area contributed by atoms with Crippen LogP contribution in [-0.4, -0.2) is 60.2 Å². The summed E-state index contributed by atoms with van der Waals surface area (Å²) in [4.78, 5) is 17.9. The van der Waals surface area contributed by atoms with Crippen molar-refractivity contribution in [3.05, 3.63) is 48.3 Å². The van der Waals surface area contributed by atoms with E-state index in [9.17, 15) is 0 Å². The van der Waals surface area contributed by atoms with E-state index in [0.29, 0.717) is 12.4 Å². The highest BCUT2D eigenvalue weighted by Crippen LogP contribution is 2.18. The first-order chi connectivity index (χ1) is 13.8. The molecule has 4 heterocycles. The fourth-order valence-corrected chi connectivity index (χ4v) is 3.77. The summed E-state index contributed by atoms with van der Waals surface area (Å²) in [6, 6.07) is 10.0. The average molecular weight is 380 g/mol. The van der Waals surface area contributed by atoms with Gasteiger partial charge in [0.1, 0.15) is 11.9 Å². The molecule has 2 aromatic heterocycles. The molecule has 2 aliphatic rings. The van der Waals surface area contributed by atoms with Crippen LogP contribution in [0.25, 0.3) is 0 Å². The standard InChI is InChI=1S/C21H28N6O/c1-22-21(27-13-9-18(16-27)28-20-6-2-3-10-23-20)25-15-17-7-8-19(24-14-17)26-11-4-5-12-26/h2-3,6-8,10,14,18H,4-5,9,11-13,15-16H2,1H3,(H,22,25). The van der Waals surface area contributed by atoms with Crippen LogP contribution in [0.2, 0.25) is 0 Å². The molecule has 4 rings (SSSR count). The Balaban J connectivity index is 1.28. The second-order valence-electron chi connectivity index (χ2n) is 7.26. The molecule has 0 amide bonds. The van der Waals surface area contributed by atoms with Crippen LogP contribution in [0.5, 0.6) is 5.88 Å². The maximum atomic E-state index is 5.97. The number of anilines is 1. The second-order valence-corrected chi connectivity index (χ2v) is 7.26. The normalized spacial score (nSPS) is 19.9. The number of guanidine groups is 1. The minimum atomic E-state index is 0.134. The van der Waals surface area contributed by atoms with Crippen molar-refractivity contribution in [1.29, 1.82) is 0 Å². The third-order valence-corrected chi connectivity index (χ3v) is 5.27. The van der Waals surface area contributed by atoms with Gasteiger partial charge in [0.2, 0.25) is 5.88 Å². The molecular formula is C21H28N6O. The zero-order valence-electron chi connectivity index (χ0n) is 16.4. The predicted octanol–water partition coefficient (Wildman–Crippen LogP) is 2.31. The van der Waals surface area contributed by atoms with Gasteiger partial charge < -0.3 is 19.9 Å². The van der Waals surface area contributed by atoms with Gasteiger partial charge in [-0.3, -0.25) is 4.99 Å².